The molecule has 0 aromatic carbocycles. The minimum Gasteiger partial charge on any atom is -0.461 e. The van der Waals surface area contributed by atoms with Crippen LogP contribution in [-0.4, -0.2) is 25.4 Å². The van der Waals surface area contributed by atoms with E-state index in [4.69, 9.17) is 12.6 Å². The molecule has 0 N–H and O–H groups in total. The standard InChI is InChI=1S/C9H10BNO2S/c1-2-13-9(12)6-7(10)14-8(11-6)5-3-4-5/h5H,2-4H2,1H3. The molecule has 0 amide bonds. The molecule has 1 aromatic rings. The van der Waals surface area contributed by atoms with E-state index in [0.29, 0.717) is 23.0 Å². The fraction of sp³-hybridized carbons (Fsp3) is 0.556. The van der Waals surface area contributed by atoms with Crippen LogP contribution in [-0.2, 0) is 4.74 Å². The normalized spacial score (nSPS) is 15.5. The minimum absolute atomic E-state index is 0.291. The Hall–Kier alpha value is -0.835. The van der Waals surface area contributed by atoms with E-state index in [-0.39, 0.29) is 0 Å². The monoisotopic (exact) mass is 207 g/mol. The second-order valence-electron chi connectivity index (χ2n) is 3.26. The number of ether oxygens (including phenoxy) is 1. The van der Waals surface area contributed by atoms with Crippen molar-refractivity contribution in [1.29, 1.82) is 0 Å². The van der Waals surface area contributed by atoms with Gasteiger partial charge in [0, 0.05) is 5.92 Å². The topological polar surface area (TPSA) is 39.2 Å². The van der Waals surface area contributed by atoms with Gasteiger partial charge in [-0.2, -0.15) is 0 Å². The Morgan fingerprint density at radius 1 is 1.71 bits per heavy atom. The minimum atomic E-state index is -0.409. The molecule has 2 rings (SSSR count). The van der Waals surface area contributed by atoms with Crippen molar-refractivity contribution in [3.05, 3.63) is 10.7 Å². The van der Waals surface area contributed by atoms with E-state index in [1.165, 1.54) is 11.3 Å². The van der Waals surface area contributed by atoms with Gasteiger partial charge >= 0.3 is 5.97 Å². The lowest BCUT2D eigenvalue weighted by molar-refractivity contribution is 0.0522. The van der Waals surface area contributed by atoms with Gasteiger partial charge in [0.1, 0.15) is 7.85 Å². The molecule has 0 saturated heterocycles. The molecule has 1 aliphatic carbocycles. The molecule has 14 heavy (non-hydrogen) atoms. The quantitative estimate of drug-likeness (QED) is 0.548. The fourth-order valence-corrected chi connectivity index (χ4v) is 2.19. The van der Waals surface area contributed by atoms with E-state index in [2.05, 4.69) is 4.98 Å². The van der Waals surface area contributed by atoms with E-state index in [1.807, 2.05) is 0 Å². The van der Waals surface area contributed by atoms with Crippen molar-refractivity contribution in [3.63, 3.8) is 0 Å². The molecule has 0 unspecified atom stereocenters. The highest BCUT2D eigenvalue weighted by atomic mass is 32.1. The number of hydrogen-bond acceptors (Lipinski definition) is 4. The summed E-state index contributed by atoms with van der Waals surface area (Å²) >= 11 is 1.40. The summed E-state index contributed by atoms with van der Waals surface area (Å²) in [6.07, 6.45) is 2.32. The molecule has 0 bridgehead atoms. The molecule has 1 heterocycles. The first kappa shape index (κ1) is 9.71. The number of rotatable bonds is 3. The van der Waals surface area contributed by atoms with Crippen LogP contribution in [0.4, 0.5) is 0 Å². The zero-order valence-electron chi connectivity index (χ0n) is 7.95. The van der Waals surface area contributed by atoms with Gasteiger partial charge in [-0.05, 0) is 24.5 Å². The highest BCUT2D eigenvalue weighted by Crippen LogP contribution is 2.40. The van der Waals surface area contributed by atoms with Crippen molar-refractivity contribution in [1.82, 2.24) is 4.98 Å². The van der Waals surface area contributed by atoms with Gasteiger partial charge in [-0.1, -0.05) is 0 Å². The second-order valence-corrected chi connectivity index (χ2v) is 4.32. The van der Waals surface area contributed by atoms with Crippen LogP contribution >= 0.6 is 11.3 Å². The van der Waals surface area contributed by atoms with E-state index >= 15 is 0 Å². The first-order chi connectivity index (χ1) is 6.72. The number of carbonyl (C=O) groups is 1. The van der Waals surface area contributed by atoms with E-state index in [1.54, 1.807) is 6.92 Å². The van der Waals surface area contributed by atoms with Gasteiger partial charge in [-0.3, -0.25) is 0 Å². The molecule has 1 aliphatic rings. The molecule has 0 atom stereocenters. The molecule has 1 saturated carbocycles. The van der Waals surface area contributed by atoms with Crippen molar-refractivity contribution < 1.29 is 9.53 Å². The van der Waals surface area contributed by atoms with E-state index < -0.39 is 5.97 Å². The van der Waals surface area contributed by atoms with E-state index in [0.717, 1.165) is 17.8 Å². The molecular weight excluding hydrogens is 197 g/mol. The Morgan fingerprint density at radius 2 is 2.43 bits per heavy atom. The summed E-state index contributed by atoms with van der Waals surface area (Å²) in [5.74, 6) is 0.124. The Morgan fingerprint density at radius 3 is 3.00 bits per heavy atom. The summed E-state index contributed by atoms with van der Waals surface area (Å²) in [6, 6.07) is 0. The number of hydrogen-bond donors (Lipinski definition) is 0. The van der Waals surface area contributed by atoms with Gasteiger partial charge in [-0.15, -0.1) is 11.3 Å². The predicted octanol–water partition coefficient (Wildman–Crippen LogP) is 0.991. The second kappa shape index (κ2) is 3.73. The average Bonchev–Trinajstić information content (AvgIpc) is 2.91. The summed E-state index contributed by atoms with van der Waals surface area (Å²) in [7, 11) is 5.69. The lowest BCUT2D eigenvalue weighted by atomic mass is 10.1. The number of nitrogens with zero attached hydrogens (tertiary/aromatic N) is 1. The maximum absolute atomic E-state index is 11.4. The van der Waals surface area contributed by atoms with Gasteiger partial charge in [0.25, 0.3) is 0 Å². The smallest absolute Gasteiger partial charge is 0.357 e. The average molecular weight is 207 g/mol. The molecule has 2 radical (unpaired) electrons. The summed E-state index contributed by atoms with van der Waals surface area (Å²) < 4.78 is 5.32. The van der Waals surface area contributed by atoms with Crippen molar-refractivity contribution in [2.24, 2.45) is 0 Å². The van der Waals surface area contributed by atoms with Crippen LogP contribution in [0.2, 0.25) is 0 Å². The summed E-state index contributed by atoms with van der Waals surface area (Å²) in [5.41, 5.74) is 0.291. The highest BCUT2D eigenvalue weighted by molar-refractivity contribution is 7.20. The maximum Gasteiger partial charge on any atom is 0.357 e. The van der Waals surface area contributed by atoms with Crippen LogP contribution in [0.3, 0.4) is 0 Å². The third kappa shape index (κ3) is 1.82. The molecular formula is C9H10BNO2S. The fourth-order valence-electron chi connectivity index (χ4n) is 1.20. The summed E-state index contributed by atoms with van der Waals surface area (Å²) in [6.45, 7) is 2.12. The van der Waals surface area contributed by atoms with Crippen LogP contribution in [0.25, 0.3) is 0 Å². The Kier molecular flexibility index (Phi) is 2.59. The first-order valence-corrected chi connectivity index (χ1v) is 5.47. The number of carbonyl (C=O) groups excluding carboxylic acids is 1. The zero-order chi connectivity index (χ0) is 10.1. The lowest BCUT2D eigenvalue weighted by Gasteiger charge is -1.97. The van der Waals surface area contributed by atoms with E-state index in [9.17, 15) is 4.79 Å². The Bertz CT molecular complexity index is 360. The van der Waals surface area contributed by atoms with Crippen LogP contribution in [0.15, 0.2) is 0 Å². The molecule has 0 spiro atoms. The summed E-state index contributed by atoms with van der Waals surface area (Å²) in [5, 5.41) is 0.977. The largest absolute Gasteiger partial charge is 0.461 e. The lowest BCUT2D eigenvalue weighted by Crippen LogP contribution is -2.15. The number of esters is 1. The third-order valence-electron chi connectivity index (χ3n) is 2.07. The van der Waals surface area contributed by atoms with Crippen LogP contribution < -0.4 is 4.78 Å². The van der Waals surface area contributed by atoms with Crippen molar-refractivity contribution in [2.75, 3.05) is 6.61 Å². The molecule has 0 aliphatic heterocycles. The van der Waals surface area contributed by atoms with Gasteiger partial charge in [0.05, 0.1) is 11.6 Å². The van der Waals surface area contributed by atoms with Crippen molar-refractivity contribution in [3.8, 4) is 0 Å². The molecule has 1 fully saturated rings. The summed E-state index contributed by atoms with van der Waals surface area (Å²) in [4.78, 5) is 15.6. The highest BCUT2D eigenvalue weighted by Gasteiger charge is 2.28. The van der Waals surface area contributed by atoms with Crippen molar-refractivity contribution >= 4 is 29.9 Å². The number of aromatic nitrogens is 1. The van der Waals surface area contributed by atoms with Gasteiger partial charge < -0.3 is 4.74 Å². The predicted molar refractivity (Wildman–Crippen MR) is 55.4 cm³/mol. The molecule has 5 heteroatoms. The SMILES string of the molecule is [B]c1sc(C2CC2)nc1C(=O)OCC. The van der Waals surface area contributed by atoms with Crippen molar-refractivity contribution in [2.45, 2.75) is 25.7 Å². The Labute approximate surface area is 87.9 Å². The number of thiazole rings is 1. The van der Waals surface area contributed by atoms with Gasteiger partial charge in [-0.25, -0.2) is 9.78 Å². The van der Waals surface area contributed by atoms with Gasteiger partial charge in [0.2, 0.25) is 0 Å². The molecule has 1 aromatic heterocycles. The maximum atomic E-state index is 11.4. The third-order valence-corrected chi connectivity index (χ3v) is 3.11. The molecule has 3 nitrogen and oxygen atoms in total. The Balaban J connectivity index is 2.19. The first-order valence-electron chi connectivity index (χ1n) is 4.65. The van der Waals surface area contributed by atoms with Gasteiger partial charge in [0.15, 0.2) is 5.69 Å². The van der Waals surface area contributed by atoms with Crippen LogP contribution in [0.5, 0.6) is 0 Å². The molecule has 72 valence electrons. The zero-order valence-corrected chi connectivity index (χ0v) is 8.76. The van der Waals surface area contributed by atoms with Crippen LogP contribution in [0, 0.1) is 0 Å². The van der Waals surface area contributed by atoms with Crippen LogP contribution in [0.1, 0.15) is 41.2 Å².